The van der Waals surface area contributed by atoms with Crippen molar-refractivity contribution in [3.8, 4) is 39.9 Å². The lowest BCUT2D eigenvalue weighted by atomic mass is 9.80. The van der Waals surface area contributed by atoms with Gasteiger partial charge in [-0.2, -0.15) is 0 Å². The maximum atomic E-state index is 6.73. The first-order chi connectivity index (χ1) is 28.1. The van der Waals surface area contributed by atoms with E-state index < -0.39 is 0 Å². The molecule has 0 spiro atoms. The molecule has 0 atom stereocenters. The van der Waals surface area contributed by atoms with Gasteiger partial charge in [0.1, 0.15) is 17.3 Å². The largest absolute Gasteiger partial charge is 0.458 e. The van der Waals surface area contributed by atoms with Crippen molar-refractivity contribution < 1.29 is 9.30 Å². The molecule has 0 saturated heterocycles. The molecule has 0 aliphatic heterocycles. The summed E-state index contributed by atoms with van der Waals surface area (Å²) in [5.41, 5.74) is 11.2. The molecular formula is C53H51N5O. The topological polar surface area (TPSA) is 48.8 Å². The van der Waals surface area contributed by atoms with Gasteiger partial charge in [-0.3, -0.25) is 18.7 Å². The van der Waals surface area contributed by atoms with Crippen LogP contribution in [0.1, 0.15) is 79.0 Å². The van der Waals surface area contributed by atoms with Crippen LogP contribution in [0.4, 0.5) is 0 Å². The number of aromatic nitrogens is 5. The summed E-state index contributed by atoms with van der Waals surface area (Å²) in [4.78, 5) is 9.81. The number of ether oxygens (including phenoxy) is 1. The normalized spacial score (nSPS) is 12.5. The molecule has 4 aromatic heterocycles. The fourth-order valence-corrected chi connectivity index (χ4v) is 7.96. The van der Waals surface area contributed by atoms with Gasteiger partial charge in [0, 0.05) is 35.3 Å². The number of nitrogens with zero attached hydrogens (tertiary/aromatic N) is 5. The third kappa shape index (κ3) is 7.07. The molecule has 0 bridgehead atoms. The number of fused-ring (bicyclic) bond motifs is 4. The van der Waals surface area contributed by atoms with Gasteiger partial charge in [0.2, 0.25) is 0 Å². The zero-order valence-corrected chi connectivity index (χ0v) is 35.5. The molecule has 0 unspecified atom stereocenters. The molecule has 9 rings (SSSR count). The minimum atomic E-state index is -0.0400. The summed E-state index contributed by atoms with van der Waals surface area (Å²) in [5.74, 6) is 2.98. The molecule has 9 aromatic rings. The van der Waals surface area contributed by atoms with E-state index >= 15 is 0 Å². The van der Waals surface area contributed by atoms with Crippen LogP contribution in [0.3, 0.4) is 0 Å². The van der Waals surface area contributed by atoms with E-state index in [0.717, 1.165) is 55.8 Å². The van der Waals surface area contributed by atoms with E-state index in [1.807, 2.05) is 30.6 Å². The summed E-state index contributed by atoms with van der Waals surface area (Å²) < 4.78 is 13.3. The number of pyridine rings is 2. The number of hydrogen-bond acceptors (Lipinski definition) is 3. The van der Waals surface area contributed by atoms with Crippen molar-refractivity contribution in [2.75, 3.05) is 0 Å². The Bertz CT molecular complexity index is 2990. The van der Waals surface area contributed by atoms with Crippen molar-refractivity contribution in [1.82, 2.24) is 19.1 Å². The van der Waals surface area contributed by atoms with Crippen molar-refractivity contribution in [3.05, 3.63) is 169 Å². The van der Waals surface area contributed by atoms with E-state index in [1.54, 1.807) is 0 Å². The van der Waals surface area contributed by atoms with Crippen molar-refractivity contribution in [2.45, 2.75) is 78.6 Å². The highest BCUT2D eigenvalue weighted by Gasteiger charge is 2.24. The van der Waals surface area contributed by atoms with Crippen LogP contribution in [-0.4, -0.2) is 19.1 Å². The van der Waals surface area contributed by atoms with E-state index in [0.29, 0.717) is 11.6 Å². The van der Waals surface area contributed by atoms with Gasteiger partial charge in [0.25, 0.3) is 6.33 Å². The van der Waals surface area contributed by atoms with E-state index in [1.165, 1.54) is 22.1 Å². The zero-order valence-electron chi connectivity index (χ0n) is 35.5. The van der Waals surface area contributed by atoms with Crippen LogP contribution in [0, 0.1) is 6.33 Å². The third-order valence-electron chi connectivity index (χ3n) is 11.3. The molecule has 0 fully saturated rings. The Kier molecular flexibility index (Phi) is 9.08. The van der Waals surface area contributed by atoms with Gasteiger partial charge in [-0.15, -0.1) is 0 Å². The van der Waals surface area contributed by atoms with Crippen LogP contribution in [0.15, 0.2) is 146 Å². The molecule has 5 aromatic carbocycles. The summed E-state index contributed by atoms with van der Waals surface area (Å²) in [7, 11) is 0. The SMILES string of the molecule is CC(C)(C)c1cc(-[n+]2[c-]n(-c3cc(Oc4ccc5c6ccccc6n(-c6cc(C(C)(C)C)ccn6)c5c4)ccn3)c3c(-c4ccccc4)cccc32)cc(C(C)(C)C)c1. The molecule has 0 aliphatic rings. The lowest BCUT2D eigenvalue weighted by molar-refractivity contribution is -0.572. The monoisotopic (exact) mass is 773 g/mol. The van der Waals surface area contributed by atoms with E-state index in [9.17, 15) is 0 Å². The molecule has 59 heavy (non-hydrogen) atoms. The van der Waals surface area contributed by atoms with Gasteiger partial charge in [-0.25, -0.2) is 4.98 Å². The molecule has 294 valence electrons. The molecule has 6 heteroatoms. The quantitative estimate of drug-likeness (QED) is 0.125. The number of rotatable bonds is 6. The van der Waals surface area contributed by atoms with Crippen molar-refractivity contribution in [1.29, 1.82) is 0 Å². The number of benzene rings is 5. The molecule has 0 amide bonds. The minimum Gasteiger partial charge on any atom is -0.458 e. The maximum absolute atomic E-state index is 6.73. The lowest BCUT2D eigenvalue weighted by Crippen LogP contribution is -2.31. The van der Waals surface area contributed by atoms with Crippen molar-refractivity contribution in [3.63, 3.8) is 0 Å². The van der Waals surface area contributed by atoms with Crippen LogP contribution in [0.25, 0.3) is 61.3 Å². The highest BCUT2D eigenvalue weighted by Crippen LogP contribution is 2.37. The molecular weight excluding hydrogens is 723 g/mol. The van der Waals surface area contributed by atoms with Crippen LogP contribution in [0.2, 0.25) is 0 Å². The maximum Gasteiger partial charge on any atom is 0.271 e. The molecule has 0 aliphatic carbocycles. The third-order valence-corrected chi connectivity index (χ3v) is 11.3. The molecule has 0 saturated carbocycles. The van der Waals surface area contributed by atoms with Crippen LogP contribution in [0.5, 0.6) is 11.5 Å². The number of hydrogen-bond donors (Lipinski definition) is 0. The van der Waals surface area contributed by atoms with Gasteiger partial charge < -0.3 is 4.74 Å². The molecule has 0 N–H and O–H groups in total. The summed E-state index contributed by atoms with van der Waals surface area (Å²) in [6.45, 7) is 20.4. The van der Waals surface area contributed by atoms with E-state index in [2.05, 4.69) is 198 Å². The van der Waals surface area contributed by atoms with Crippen molar-refractivity contribution >= 4 is 32.8 Å². The fourth-order valence-electron chi connectivity index (χ4n) is 7.96. The summed E-state index contributed by atoms with van der Waals surface area (Å²) in [5, 5.41) is 2.31. The summed E-state index contributed by atoms with van der Waals surface area (Å²) in [6, 6.07) is 47.1. The zero-order chi connectivity index (χ0) is 41.3. The second-order valence-corrected chi connectivity index (χ2v) is 18.7. The second kappa shape index (κ2) is 14.1. The van der Waals surface area contributed by atoms with Gasteiger partial charge in [0.05, 0.1) is 27.8 Å². The average molecular weight is 774 g/mol. The Hall–Kier alpha value is -6.53. The minimum absolute atomic E-state index is 0.0147. The first kappa shape index (κ1) is 38.0. The second-order valence-electron chi connectivity index (χ2n) is 18.7. The predicted molar refractivity (Wildman–Crippen MR) is 242 cm³/mol. The van der Waals surface area contributed by atoms with Gasteiger partial charge in [-0.05, 0) is 92.6 Å². The van der Waals surface area contributed by atoms with E-state index in [4.69, 9.17) is 14.7 Å². The van der Waals surface area contributed by atoms with Crippen LogP contribution >= 0.6 is 0 Å². The van der Waals surface area contributed by atoms with Gasteiger partial charge in [-0.1, -0.05) is 135 Å². The van der Waals surface area contributed by atoms with Gasteiger partial charge >= 0.3 is 0 Å². The predicted octanol–water partition coefficient (Wildman–Crippen LogP) is 12.9. The first-order valence-electron chi connectivity index (χ1n) is 20.5. The Labute approximate surface area is 347 Å². The lowest BCUT2D eigenvalue weighted by Gasteiger charge is -2.26. The highest BCUT2D eigenvalue weighted by molar-refractivity contribution is 6.09. The molecule has 0 radical (unpaired) electrons. The first-order valence-corrected chi connectivity index (χ1v) is 20.5. The fraction of sp³-hybridized carbons (Fsp3) is 0.226. The van der Waals surface area contributed by atoms with Crippen LogP contribution in [-0.2, 0) is 16.2 Å². The number of para-hydroxylation sites is 2. The smallest absolute Gasteiger partial charge is 0.271 e. The Morgan fingerprint density at radius 3 is 1.90 bits per heavy atom. The summed E-state index contributed by atoms with van der Waals surface area (Å²) >= 11 is 0. The number of imidazole rings is 1. The molecule has 4 heterocycles. The van der Waals surface area contributed by atoms with Gasteiger partial charge in [0.15, 0.2) is 5.82 Å². The van der Waals surface area contributed by atoms with Crippen molar-refractivity contribution in [2.24, 2.45) is 0 Å². The Morgan fingerprint density at radius 1 is 0.525 bits per heavy atom. The standard InChI is InChI=1S/C53H51N5O/c1-51(2,3)36-24-26-55-49(31-36)58-45-20-14-13-18-43(45)44-23-22-40(32-47(44)58)59-41-25-27-54-48(33-41)57-34-56(39-29-37(52(4,5)6)28-38(30-39)53(7,8)9)46-21-15-19-42(50(46)57)35-16-11-10-12-17-35/h10-33H,1-9H3. The molecule has 6 nitrogen and oxygen atoms in total. The summed E-state index contributed by atoms with van der Waals surface area (Å²) in [6.07, 6.45) is 7.49. The van der Waals surface area contributed by atoms with Crippen LogP contribution < -0.4 is 9.30 Å². The Balaban J connectivity index is 1.19. The van der Waals surface area contributed by atoms with E-state index in [-0.39, 0.29) is 16.2 Å². The Morgan fingerprint density at radius 2 is 1.17 bits per heavy atom. The highest BCUT2D eigenvalue weighted by atomic mass is 16.5. The average Bonchev–Trinajstić information content (AvgIpc) is 3.77.